The van der Waals surface area contributed by atoms with E-state index in [4.69, 9.17) is 11.0 Å². The molecule has 1 heterocycles. The maximum atomic E-state index is 13.2. The zero-order valence-corrected chi connectivity index (χ0v) is 15.8. The second-order valence-corrected chi connectivity index (χ2v) is 7.27. The van der Waals surface area contributed by atoms with Crippen molar-refractivity contribution in [3.05, 3.63) is 82.5 Å². The van der Waals surface area contributed by atoms with Gasteiger partial charge in [-0.05, 0) is 19.4 Å². The van der Waals surface area contributed by atoms with Crippen LogP contribution in [0.4, 0.5) is 5.82 Å². The Balaban J connectivity index is 1.98. The van der Waals surface area contributed by atoms with Gasteiger partial charge in [0, 0.05) is 5.56 Å². The lowest BCUT2D eigenvalue weighted by Crippen LogP contribution is -2.11. The zero-order valence-electron chi connectivity index (χ0n) is 15.0. The quantitative estimate of drug-likeness (QED) is 0.407. The van der Waals surface area contributed by atoms with Crippen LogP contribution in [0.1, 0.15) is 37.9 Å². The number of carbonyl (C=O) groups excluding carboxylic acids is 1. The van der Waals surface area contributed by atoms with Gasteiger partial charge >= 0.3 is 0 Å². The molecular formula is C21H18N4OS. The van der Waals surface area contributed by atoms with Gasteiger partial charge in [-0.25, -0.2) is 9.97 Å². The molecule has 2 aromatic carbocycles. The van der Waals surface area contributed by atoms with Crippen LogP contribution in [-0.4, -0.2) is 15.8 Å². The highest BCUT2D eigenvalue weighted by Gasteiger charge is 2.25. The molecule has 0 saturated carbocycles. The molecule has 27 heavy (non-hydrogen) atoms. The van der Waals surface area contributed by atoms with Crippen LogP contribution in [-0.2, 0) is 0 Å². The standard InChI is InChI=1S/C21H18N4OS/c1-13-3-7-15(8-4-13)18(26)19(16-9-5-14(2)6-10-16)27-21-24-12-17(11-22)20(23)25-21/h3-10,12,19H,1-2H3,(H2,23,24,25). The number of ketones is 1. The molecule has 0 aliphatic rings. The second-order valence-electron chi connectivity index (χ2n) is 6.20. The Morgan fingerprint density at radius 1 is 1.07 bits per heavy atom. The van der Waals surface area contributed by atoms with Gasteiger partial charge in [0.25, 0.3) is 0 Å². The first-order valence-corrected chi connectivity index (χ1v) is 9.22. The summed E-state index contributed by atoms with van der Waals surface area (Å²) in [6, 6.07) is 17.2. The number of nitrogens with zero attached hydrogens (tertiary/aromatic N) is 3. The van der Waals surface area contributed by atoms with E-state index in [9.17, 15) is 4.79 Å². The van der Waals surface area contributed by atoms with Gasteiger partial charge in [-0.3, -0.25) is 4.79 Å². The normalized spacial score (nSPS) is 11.6. The summed E-state index contributed by atoms with van der Waals surface area (Å²) in [4.78, 5) is 21.5. The molecule has 0 radical (unpaired) electrons. The minimum atomic E-state index is -0.513. The first kappa shape index (κ1) is 18.6. The van der Waals surface area contributed by atoms with Crippen LogP contribution in [0.15, 0.2) is 59.9 Å². The number of hydrogen-bond acceptors (Lipinski definition) is 6. The number of Topliss-reactive ketones (excluding diaryl/α,β-unsaturated/α-hetero) is 1. The van der Waals surface area contributed by atoms with Crippen molar-refractivity contribution in [2.24, 2.45) is 0 Å². The maximum absolute atomic E-state index is 13.2. The van der Waals surface area contributed by atoms with Gasteiger partial charge in [0.2, 0.25) is 0 Å². The zero-order chi connectivity index (χ0) is 19.4. The Bertz CT molecular complexity index is 1010. The molecule has 6 heteroatoms. The summed E-state index contributed by atoms with van der Waals surface area (Å²) in [6.07, 6.45) is 1.38. The number of carbonyl (C=O) groups is 1. The van der Waals surface area contributed by atoms with Crippen molar-refractivity contribution in [1.82, 2.24) is 9.97 Å². The molecule has 0 saturated heterocycles. The van der Waals surface area contributed by atoms with Crippen molar-refractivity contribution in [2.75, 3.05) is 5.73 Å². The number of nitrogens with two attached hydrogens (primary N) is 1. The lowest BCUT2D eigenvalue weighted by atomic mass is 10.0. The first-order chi connectivity index (χ1) is 13.0. The summed E-state index contributed by atoms with van der Waals surface area (Å²) in [5, 5.41) is 8.83. The number of anilines is 1. The Labute approximate surface area is 162 Å². The van der Waals surface area contributed by atoms with E-state index in [-0.39, 0.29) is 17.2 Å². The van der Waals surface area contributed by atoms with E-state index in [2.05, 4.69) is 9.97 Å². The van der Waals surface area contributed by atoms with E-state index in [1.807, 2.05) is 68.4 Å². The molecule has 1 aromatic heterocycles. The highest BCUT2D eigenvalue weighted by atomic mass is 32.2. The van der Waals surface area contributed by atoms with Crippen LogP contribution in [0.5, 0.6) is 0 Å². The van der Waals surface area contributed by atoms with Crippen molar-refractivity contribution in [3.63, 3.8) is 0 Å². The topological polar surface area (TPSA) is 92.7 Å². The van der Waals surface area contributed by atoms with Gasteiger partial charge in [-0.1, -0.05) is 71.4 Å². The number of rotatable bonds is 5. The summed E-state index contributed by atoms with van der Waals surface area (Å²) in [6.45, 7) is 3.98. The lowest BCUT2D eigenvalue weighted by molar-refractivity contribution is 0.0989. The highest BCUT2D eigenvalue weighted by Crippen LogP contribution is 2.36. The van der Waals surface area contributed by atoms with Gasteiger partial charge in [-0.2, -0.15) is 5.26 Å². The van der Waals surface area contributed by atoms with Gasteiger partial charge in [0.05, 0.1) is 6.20 Å². The molecule has 1 atom stereocenters. The Hall–Kier alpha value is -3.17. The van der Waals surface area contributed by atoms with Gasteiger partial charge in [-0.15, -0.1) is 0 Å². The summed E-state index contributed by atoms with van der Waals surface area (Å²) in [5.41, 5.74) is 9.71. The number of aromatic nitrogens is 2. The highest BCUT2D eigenvalue weighted by molar-refractivity contribution is 8.00. The molecule has 3 aromatic rings. The molecule has 5 nitrogen and oxygen atoms in total. The smallest absolute Gasteiger partial charge is 0.190 e. The molecule has 0 spiro atoms. The van der Waals surface area contributed by atoms with Crippen LogP contribution in [0.2, 0.25) is 0 Å². The van der Waals surface area contributed by atoms with Crippen LogP contribution in [0.3, 0.4) is 0 Å². The largest absolute Gasteiger partial charge is 0.382 e. The Kier molecular flexibility index (Phi) is 5.53. The number of hydrogen-bond donors (Lipinski definition) is 1. The predicted octanol–water partition coefficient (Wildman–Crippen LogP) is 4.26. The van der Waals surface area contributed by atoms with E-state index in [1.165, 1.54) is 18.0 Å². The molecule has 1 unspecified atom stereocenters. The molecule has 0 bridgehead atoms. The molecule has 2 N–H and O–H groups in total. The fourth-order valence-corrected chi connectivity index (χ4v) is 3.52. The van der Waals surface area contributed by atoms with Crippen LogP contribution >= 0.6 is 11.8 Å². The van der Waals surface area contributed by atoms with Crippen molar-refractivity contribution in [2.45, 2.75) is 24.3 Å². The average Bonchev–Trinajstić information content (AvgIpc) is 2.67. The minimum absolute atomic E-state index is 0.0321. The summed E-state index contributed by atoms with van der Waals surface area (Å²) in [7, 11) is 0. The minimum Gasteiger partial charge on any atom is -0.382 e. The molecule has 0 fully saturated rings. The van der Waals surface area contributed by atoms with Gasteiger partial charge in [0.15, 0.2) is 10.9 Å². The van der Waals surface area contributed by atoms with Gasteiger partial charge < -0.3 is 5.73 Å². The SMILES string of the molecule is Cc1ccc(C(=O)C(Sc2ncc(C#N)c(N)n2)c2ccc(C)cc2)cc1. The van der Waals surface area contributed by atoms with E-state index in [0.29, 0.717) is 10.7 Å². The van der Waals surface area contributed by atoms with Crippen LogP contribution in [0.25, 0.3) is 0 Å². The van der Waals surface area contributed by atoms with E-state index in [0.717, 1.165) is 16.7 Å². The monoisotopic (exact) mass is 374 g/mol. The number of aryl methyl sites for hydroxylation is 2. The van der Waals surface area contributed by atoms with Crippen molar-refractivity contribution in [1.29, 1.82) is 5.26 Å². The summed E-state index contributed by atoms with van der Waals surface area (Å²) >= 11 is 1.23. The third-order valence-corrected chi connectivity index (χ3v) is 5.22. The number of nitrogen functional groups attached to an aromatic ring is 1. The van der Waals surface area contributed by atoms with Crippen LogP contribution in [0, 0.1) is 25.2 Å². The van der Waals surface area contributed by atoms with E-state index >= 15 is 0 Å². The third-order valence-electron chi connectivity index (χ3n) is 4.09. The van der Waals surface area contributed by atoms with Crippen LogP contribution < -0.4 is 5.73 Å². The molecule has 0 amide bonds. The number of thioether (sulfide) groups is 1. The second kappa shape index (κ2) is 8.02. The molecule has 3 rings (SSSR count). The summed E-state index contributed by atoms with van der Waals surface area (Å²) < 4.78 is 0. The molecular weight excluding hydrogens is 356 g/mol. The Morgan fingerprint density at radius 2 is 1.67 bits per heavy atom. The fourth-order valence-electron chi connectivity index (χ4n) is 2.51. The number of benzene rings is 2. The van der Waals surface area contributed by atoms with Crippen molar-refractivity contribution in [3.8, 4) is 6.07 Å². The van der Waals surface area contributed by atoms with E-state index in [1.54, 1.807) is 0 Å². The van der Waals surface area contributed by atoms with Gasteiger partial charge in [0.1, 0.15) is 22.7 Å². The molecule has 134 valence electrons. The number of nitriles is 1. The molecule has 0 aliphatic carbocycles. The third kappa shape index (κ3) is 4.33. The maximum Gasteiger partial charge on any atom is 0.190 e. The Morgan fingerprint density at radius 3 is 2.22 bits per heavy atom. The van der Waals surface area contributed by atoms with Crippen molar-refractivity contribution < 1.29 is 4.79 Å². The fraction of sp³-hybridized carbons (Fsp3) is 0.143. The predicted molar refractivity (Wildman–Crippen MR) is 106 cm³/mol. The first-order valence-electron chi connectivity index (χ1n) is 8.34. The van der Waals surface area contributed by atoms with E-state index < -0.39 is 5.25 Å². The summed E-state index contributed by atoms with van der Waals surface area (Å²) in [5.74, 6) is 0.0795. The molecule has 0 aliphatic heterocycles. The lowest BCUT2D eigenvalue weighted by Gasteiger charge is -2.16. The average molecular weight is 374 g/mol. The van der Waals surface area contributed by atoms with Crippen molar-refractivity contribution >= 4 is 23.4 Å².